The van der Waals surface area contributed by atoms with Gasteiger partial charge in [0.05, 0.1) is 5.71 Å². The second kappa shape index (κ2) is 4.02. The highest BCUT2D eigenvalue weighted by atomic mass is 32.2. The van der Waals surface area contributed by atoms with Gasteiger partial charge in [0.25, 0.3) is 0 Å². The molecule has 0 spiro atoms. The summed E-state index contributed by atoms with van der Waals surface area (Å²) in [6, 6.07) is 8.00. The second-order valence-electron chi connectivity index (χ2n) is 3.35. The predicted molar refractivity (Wildman–Crippen MR) is 56.0 cm³/mol. The molecule has 1 aromatic carbocycles. The summed E-state index contributed by atoms with van der Waals surface area (Å²) < 4.78 is 27.7. The molecule has 80 valence electrons. The Bertz CT molecular complexity index is 459. The fourth-order valence-electron chi connectivity index (χ4n) is 1.16. The molecule has 1 aliphatic carbocycles. The van der Waals surface area contributed by atoms with E-state index in [1.165, 1.54) is 12.1 Å². The van der Waals surface area contributed by atoms with Crippen LogP contribution in [0.1, 0.15) is 19.3 Å². The third-order valence-electron chi connectivity index (χ3n) is 2.23. The summed E-state index contributed by atoms with van der Waals surface area (Å²) in [6.07, 6.45) is 2.74. The zero-order valence-corrected chi connectivity index (χ0v) is 8.90. The molecule has 0 unspecified atom stereocenters. The Kier molecular flexibility index (Phi) is 2.73. The molecule has 15 heavy (non-hydrogen) atoms. The standard InChI is InChI=1S/C10H11NO3S/c12-15(13,10-7-2-1-3-8-10)14-11-9-5-4-6-9/h1-3,7-8H,4-6H2. The van der Waals surface area contributed by atoms with Crippen molar-refractivity contribution in [2.24, 2.45) is 5.16 Å². The van der Waals surface area contributed by atoms with Gasteiger partial charge in [0.15, 0.2) is 0 Å². The molecule has 5 heteroatoms. The Morgan fingerprint density at radius 1 is 1.13 bits per heavy atom. The van der Waals surface area contributed by atoms with Crippen molar-refractivity contribution in [3.8, 4) is 0 Å². The number of rotatable bonds is 3. The third kappa shape index (κ3) is 2.36. The normalized spacial score (nSPS) is 15.6. The first-order valence-corrected chi connectivity index (χ1v) is 6.14. The monoisotopic (exact) mass is 225 g/mol. The van der Waals surface area contributed by atoms with E-state index in [1.54, 1.807) is 18.2 Å². The van der Waals surface area contributed by atoms with Crippen LogP contribution in [0.15, 0.2) is 40.4 Å². The third-order valence-corrected chi connectivity index (χ3v) is 3.35. The van der Waals surface area contributed by atoms with Crippen molar-refractivity contribution >= 4 is 15.8 Å². The van der Waals surface area contributed by atoms with Crippen LogP contribution in [0.5, 0.6) is 0 Å². The molecular weight excluding hydrogens is 214 g/mol. The van der Waals surface area contributed by atoms with Crippen molar-refractivity contribution in [2.75, 3.05) is 0 Å². The lowest BCUT2D eigenvalue weighted by Gasteiger charge is -2.12. The predicted octanol–water partition coefficient (Wildman–Crippen LogP) is 1.93. The van der Waals surface area contributed by atoms with Gasteiger partial charge >= 0.3 is 10.1 Å². The first-order valence-electron chi connectivity index (χ1n) is 4.73. The summed E-state index contributed by atoms with van der Waals surface area (Å²) in [5.74, 6) is 0. The van der Waals surface area contributed by atoms with Crippen LogP contribution >= 0.6 is 0 Å². The van der Waals surface area contributed by atoms with E-state index in [0.29, 0.717) is 0 Å². The van der Waals surface area contributed by atoms with Crippen LogP contribution in [-0.2, 0) is 14.4 Å². The summed E-state index contributed by atoms with van der Waals surface area (Å²) in [5, 5.41) is 3.61. The Morgan fingerprint density at radius 3 is 2.33 bits per heavy atom. The van der Waals surface area contributed by atoms with Crippen LogP contribution in [0.4, 0.5) is 0 Å². The minimum Gasteiger partial charge on any atom is -0.265 e. The van der Waals surface area contributed by atoms with E-state index < -0.39 is 10.1 Å². The average Bonchev–Trinajstić information content (AvgIpc) is 2.16. The SMILES string of the molecule is O=S(=O)(ON=C1CCC1)c1ccccc1. The quantitative estimate of drug-likeness (QED) is 0.738. The molecular formula is C10H11NO3S. The van der Waals surface area contributed by atoms with E-state index in [-0.39, 0.29) is 4.90 Å². The molecule has 0 saturated heterocycles. The Hall–Kier alpha value is -1.36. The average molecular weight is 225 g/mol. The first kappa shape index (κ1) is 10.2. The molecule has 4 nitrogen and oxygen atoms in total. The second-order valence-corrected chi connectivity index (χ2v) is 4.88. The Morgan fingerprint density at radius 2 is 1.80 bits per heavy atom. The molecule has 2 rings (SSSR count). The summed E-state index contributed by atoms with van der Waals surface area (Å²) in [5.41, 5.74) is 0.814. The van der Waals surface area contributed by atoms with Gasteiger partial charge in [-0.2, -0.15) is 8.42 Å². The molecule has 0 aliphatic heterocycles. The molecule has 0 radical (unpaired) electrons. The van der Waals surface area contributed by atoms with Crippen molar-refractivity contribution in [3.63, 3.8) is 0 Å². The van der Waals surface area contributed by atoms with Gasteiger partial charge in [0.2, 0.25) is 0 Å². The van der Waals surface area contributed by atoms with Gasteiger partial charge < -0.3 is 0 Å². The largest absolute Gasteiger partial charge is 0.358 e. The molecule has 1 aromatic rings. The van der Waals surface area contributed by atoms with Crippen LogP contribution in [0.2, 0.25) is 0 Å². The number of hydrogen-bond acceptors (Lipinski definition) is 4. The maximum atomic E-state index is 11.5. The molecule has 0 atom stereocenters. The van der Waals surface area contributed by atoms with Crippen LogP contribution < -0.4 is 0 Å². The van der Waals surface area contributed by atoms with Gasteiger partial charge in [-0.3, -0.25) is 4.28 Å². The van der Waals surface area contributed by atoms with Crippen molar-refractivity contribution in [1.82, 2.24) is 0 Å². The fourth-order valence-corrected chi connectivity index (χ4v) is 1.94. The lowest BCUT2D eigenvalue weighted by molar-refractivity contribution is 0.333. The molecule has 1 fully saturated rings. The minimum absolute atomic E-state index is 0.133. The highest BCUT2D eigenvalue weighted by molar-refractivity contribution is 7.86. The van der Waals surface area contributed by atoms with Crippen molar-refractivity contribution in [1.29, 1.82) is 0 Å². The van der Waals surface area contributed by atoms with Gasteiger partial charge in [-0.05, 0) is 31.4 Å². The summed E-state index contributed by atoms with van der Waals surface area (Å²) >= 11 is 0. The first-order chi connectivity index (χ1) is 7.18. The maximum Gasteiger partial charge on any atom is 0.358 e. The number of nitrogens with zero attached hydrogens (tertiary/aromatic N) is 1. The van der Waals surface area contributed by atoms with E-state index in [9.17, 15) is 8.42 Å². The number of hydrogen-bond donors (Lipinski definition) is 0. The van der Waals surface area contributed by atoms with E-state index in [4.69, 9.17) is 0 Å². The smallest absolute Gasteiger partial charge is 0.265 e. The highest BCUT2D eigenvalue weighted by Crippen LogP contribution is 2.17. The van der Waals surface area contributed by atoms with Crippen molar-refractivity contribution < 1.29 is 12.7 Å². The van der Waals surface area contributed by atoms with Gasteiger partial charge in [0.1, 0.15) is 4.90 Å². The lowest BCUT2D eigenvalue weighted by Crippen LogP contribution is -2.12. The topological polar surface area (TPSA) is 55.7 Å². The van der Waals surface area contributed by atoms with Crippen LogP contribution in [0.25, 0.3) is 0 Å². The number of oxime groups is 1. The van der Waals surface area contributed by atoms with Crippen LogP contribution in [-0.4, -0.2) is 14.1 Å². The zero-order valence-electron chi connectivity index (χ0n) is 8.09. The highest BCUT2D eigenvalue weighted by Gasteiger charge is 2.17. The number of benzene rings is 1. The van der Waals surface area contributed by atoms with Crippen molar-refractivity contribution in [2.45, 2.75) is 24.2 Å². The minimum atomic E-state index is -3.72. The van der Waals surface area contributed by atoms with Crippen LogP contribution in [0, 0.1) is 0 Å². The molecule has 0 amide bonds. The van der Waals surface area contributed by atoms with E-state index in [0.717, 1.165) is 25.0 Å². The zero-order chi connectivity index (χ0) is 10.7. The fraction of sp³-hybridized carbons (Fsp3) is 0.300. The molecule has 0 aromatic heterocycles. The summed E-state index contributed by atoms with van der Waals surface area (Å²) in [4.78, 5) is 0.133. The molecule has 1 saturated carbocycles. The van der Waals surface area contributed by atoms with Gasteiger partial charge in [-0.1, -0.05) is 23.4 Å². The molecule has 0 bridgehead atoms. The van der Waals surface area contributed by atoms with Gasteiger partial charge in [0, 0.05) is 0 Å². The Labute approximate surface area is 88.7 Å². The van der Waals surface area contributed by atoms with E-state index in [2.05, 4.69) is 9.44 Å². The van der Waals surface area contributed by atoms with Gasteiger partial charge in [-0.25, -0.2) is 0 Å². The van der Waals surface area contributed by atoms with E-state index >= 15 is 0 Å². The van der Waals surface area contributed by atoms with Crippen LogP contribution in [0.3, 0.4) is 0 Å². The van der Waals surface area contributed by atoms with Crippen molar-refractivity contribution in [3.05, 3.63) is 30.3 Å². The Balaban J connectivity index is 2.13. The summed E-state index contributed by atoms with van der Waals surface area (Å²) in [7, 11) is -3.72. The van der Waals surface area contributed by atoms with E-state index in [1.807, 2.05) is 0 Å². The molecule has 1 aliphatic rings. The maximum absolute atomic E-state index is 11.5. The molecule has 0 heterocycles. The summed E-state index contributed by atoms with van der Waals surface area (Å²) in [6.45, 7) is 0. The molecule has 0 N–H and O–H groups in total. The lowest BCUT2D eigenvalue weighted by atomic mass is 9.98. The van der Waals surface area contributed by atoms with Gasteiger partial charge in [-0.15, -0.1) is 0 Å².